The lowest BCUT2D eigenvalue weighted by Crippen LogP contribution is -2.54. The molecule has 0 radical (unpaired) electrons. The van der Waals surface area contributed by atoms with Crippen LogP contribution in [-0.2, 0) is 0 Å². The van der Waals surface area contributed by atoms with E-state index >= 15 is 0 Å². The van der Waals surface area contributed by atoms with Crippen LogP contribution in [0.15, 0.2) is 30.3 Å². The average molecular weight is 338 g/mol. The van der Waals surface area contributed by atoms with Crippen LogP contribution in [0.5, 0.6) is 0 Å². The molecule has 108 valence electrons. The van der Waals surface area contributed by atoms with Gasteiger partial charge in [0.2, 0.25) is 0 Å². The second-order valence-electron chi connectivity index (χ2n) is 4.98. The van der Waals surface area contributed by atoms with Crippen LogP contribution in [0.3, 0.4) is 0 Å². The van der Waals surface area contributed by atoms with Crippen LogP contribution < -0.4 is 4.90 Å². The summed E-state index contributed by atoms with van der Waals surface area (Å²) in [4.78, 5) is 1.42. The smallest absolute Gasteiger partial charge is 0.0828 e. The summed E-state index contributed by atoms with van der Waals surface area (Å²) in [6.07, 6.45) is 1.51. The van der Waals surface area contributed by atoms with E-state index in [4.69, 9.17) is 48.5 Å². The molecule has 2 atom stereocenters. The van der Waals surface area contributed by atoms with Crippen molar-refractivity contribution in [2.75, 3.05) is 16.7 Å². The van der Waals surface area contributed by atoms with E-state index in [1.165, 1.54) is 0 Å². The first kappa shape index (κ1) is 17.4. The number of rotatable bonds is 7. The van der Waals surface area contributed by atoms with Gasteiger partial charge in [-0.05, 0) is 38.8 Å². The standard InChI is InChI=1S/C14H21Cl2NS2/c1-13(18,8-10-15)17(14(2,19)9-11-16)12-6-4-3-5-7-12/h3-7,18-19H,8-11H2,1-2H3. The van der Waals surface area contributed by atoms with Gasteiger partial charge in [0.05, 0.1) is 9.74 Å². The van der Waals surface area contributed by atoms with Gasteiger partial charge in [-0.25, -0.2) is 0 Å². The average Bonchev–Trinajstić information content (AvgIpc) is 2.29. The number of para-hydroxylation sites is 1. The van der Waals surface area contributed by atoms with Crippen molar-refractivity contribution in [2.45, 2.75) is 36.4 Å². The zero-order valence-corrected chi connectivity index (χ0v) is 14.6. The fourth-order valence-electron chi connectivity index (χ4n) is 2.23. The molecule has 5 heteroatoms. The Hall–Kier alpha value is 0.300. The molecule has 1 aromatic rings. The van der Waals surface area contributed by atoms with Crippen molar-refractivity contribution < 1.29 is 0 Å². The third-order valence-electron chi connectivity index (χ3n) is 3.11. The van der Waals surface area contributed by atoms with E-state index in [0.29, 0.717) is 11.8 Å². The van der Waals surface area contributed by atoms with Gasteiger partial charge in [0.15, 0.2) is 0 Å². The minimum atomic E-state index is -0.383. The number of nitrogens with zero attached hydrogens (tertiary/aromatic N) is 1. The van der Waals surface area contributed by atoms with E-state index in [9.17, 15) is 0 Å². The molecule has 2 unspecified atom stereocenters. The Balaban J connectivity index is 3.19. The lowest BCUT2D eigenvalue weighted by molar-refractivity contribution is 0.471. The van der Waals surface area contributed by atoms with Crippen molar-refractivity contribution in [1.82, 2.24) is 0 Å². The SMILES string of the molecule is CC(S)(CCCl)N(c1ccccc1)C(C)(S)CCCl. The molecule has 1 aromatic carbocycles. The summed E-state index contributed by atoms with van der Waals surface area (Å²) in [7, 11) is 0. The Bertz CT molecular complexity index is 364. The quantitative estimate of drug-likeness (QED) is 0.400. The van der Waals surface area contributed by atoms with Crippen molar-refractivity contribution >= 4 is 54.1 Å². The van der Waals surface area contributed by atoms with Gasteiger partial charge in [0, 0.05) is 17.4 Å². The fraction of sp³-hybridized carbons (Fsp3) is 0.571. The number of thiol groups is 2. The van der Waals surface area contributed by atoms with Gasteiger partial charge < -0.3 is 4.90 Å². The molecule has 0 N–H and O–H groups in total. The van der Waals surface area contributed by atoms with Gasteiger partial charge in [-0.15, -0.1) is 23.2 Å². The molecule has 0 bridgehead atoms. The van der Waals surface area contributed by atoms with Crippen molar-refractivity contribution in [3.8, 4) is 0 Å². The molecule has 0 heterocycles. The molecule has 1 rings (SSSR count). The highest BCUT2D eigenvalue weighted by molar-refractivity contribution is 7.83. The first-order chi connectivity index (χ1) is 8.85. The van der Waals surface area contributed by atoms with Crippen molar-refractivity contribution in [3.05, 3.63) is 30.3 Å². The van der Waals surface area contributed by atoms with E-state index in [-0.39, 0.29) is 9.74 Å². The predicted octanol–water partition coefficient (Wildman–Crippen LogP) is 5.04. The predicted molar refractivity (Wildman–Crippen MR) is 94.4 cm³/mol. The maximum Gasteiger partial charge on any atom is 0.0828 e. The van der Waals surface area contributed by atoms with Crippen LogP contribution in [-0.4, -0.2) is 21.5 Å². The number of hydrogen-bond donors (Lipinski definition) is 2. The zero-order valence-electron chi connectivity index (χ0n) is 11.3. The van der Waals surface area contributed by atoms with Crippen LogP contribution in [0, 0.1) is 0 Å². The molecule has 0 saturated carbocycles. The maximum absolute atomic E-state index is 5.92. The third kappa shape index (κ3) is 4.66. The molecule has 0 aliphatic carbocycles. The minimum absolute atomic E-state index is 0.383. The summed E-state index contributed by atoms with van der Waals surface area (Å²) in [6.45, 7) is 4.13. The number of benzene rings is 1. The zero-order chi connectivity index (χ0) is 14.5. The van der Waals surface area contributed by atoms with Gasteiger partial charge in [0.1, 0.15) is 0 Å². The summed E-state index contributed by atoms with van der Waals surface area (Å²) < 4.78 is 0. The van der Waals surface area contributed by atoms with E-state index in [0.717, 1.165) is 18.5 Å². The Labute approximate surface area is 137 Å². The number of anilines is 1. The van der Waals surface area contributed by atoms with Gasteiger partial charge >= 0.3 is 0 Å². The summed E-state index contributed by atoms with van der Waals surface area (Å²) in [5.41, 5.74) is 1.08. The Kier molecular flexibility index (Phi) is 6.71. The summed E-state index contributed by atoms with van der Waals surface area (Å²) in [5, 5.41) is 0. The summed E-state index contributed by atoms with van der Waals surface area (Å²) in [6, 6.07) is 10.1. The number of halogens is 2. The molecule has 0 aliphatic heterocycles. The van der Waals surface area contributed by atoms with E-state index < -0.39 is 0 Å². The molecule has 0 fully saturated rings. The molecule has 0 amide bonds. The van der Waals surface area contributed by atoms with Crippen LogP contribution >= 0.6 is 48.5 Å². The van der Waals surface area contributed by atoms with E-state index in [1.807, 2.05) is 18.2 Å². The van der Waals surface area contributed by atoms with Crippen LogP contribution in [0.4, 0.5) is 5.69 Å². The molecule has 1 nitrogen and oxygen atoms in total. The summed E-state index contributed by atoms with van der Waals surface area (Å²) >= 11 is 21.5. The van der Waals surface area contributed by atoms with Crippen LogP contribution in [0.1, 0.15) is 26.7 Å². The van der Waals surface area contributed by atoms with E-state index in [2.05, 4.69) is 30.9 Å². The molecule has 0 spiro atoms. The third-order valence-corrected chi connectivity index (χ3v) is 4.34. The number of alkyl halides is 2. The topological polar surface area (TPSA) is 3.24 Å². The second kappa shape index (κ2) is 7.35. The van der Waals surface area contributed by atoms with Crippen molar-refractivity contribution in [3.63, 3.8) is 0 Å². The van der Waals surface area contributed by atoms with Gasteiger partial charge in [0.25, 0.3) is 0 Å². The Morgan fingerprint density at radius 2 is 1.37 bits per heavy atom. The van der Waals surface area contributed by atoms with Crippen molar-refractivity contribution in [1.29, 1.82) is 0 Å². The van der Waals surface area contributed by atoms with Crippen LogP contribution in [0.2, 0.25) is 0 Å². The van der Waals surface area contributed by atoms with Gasteiger partial charge in [-0.1, -0.05) is 18.2 Å². The Morgan fingerprint density at radius 1 is 0.947 bits per heavy atom. The highest BCUT2D eigenvalue weighted by Gasteiger charge is 2.38. The lowest BCUT2D eigenvalue weighted by Gasteiger charge is -2.49. The first-order valence-electron chi connectivity index (χ1n) is 6.27. The lowest BCUT2D eigenvalue weighted by atomic mass is 10.1. The summed E-state index contributed by atoms with van der Waals surface area (Å²) in [5.74, 6) is 1.10. The second-order valence-corrected chi connectivity index (χ2v) is 7.67. The van der Waals surface area contributed by atoms with Crippen LogP contribution in [0.25, 0.3) is 0 Å². The highest BCUT2D eigenvalue weighted by Crippen LogP contribution is 2.40. The molecular formula is C14H21Cl2NS2. The fourth-order valence-corrected chi connectivity index (χ4v) is 4.21. The van der Waals surface area contributed by atoms with Gasteiger partial charge in [-0.3, -0.25) is 0 Å². The first-order valence-corrected chi connectivity index (χ1v) is 8.23. The minimum Gasteiger partial charge on any atom is -0.343 e. The van der Waals surface area contributed by atoms with Crippen molar-refractivity contribution in [2.24, 2.45) is 0 Å². The maximum atomic E-state index is 5.92. The Morgan fingerprint density at radius 3 is 1.74 bits per heavy atom. The normalized spacial score (nSPS) is 17.6. The molecule has 0 aromatic heterocycles. The molecular weight excluding hydrogens is 317 g/mol. The molecule has 0 saturated heterocycles. The largest absolute Gasteiger partial charge is 0.343 e. The monoisotopic (exact) mass is 337 g/mol. The van der Waals surface area contributed by atoms with E-state index in [1.54, 1.807) is 0 Å². The molecule has 19 heavy (non-hydrogen) atoms. The molecule has 0 aliphatic rings. The highest BCUT2D eigenvalue weighted by atomic mass is 35.5. The number of hydrogen-bond acceptors (Lipinski definition) is 3. The van der Waals surface area contributed by atoms with Gasteiger partial charge in [-0.2, -0.15) is 25.3 Å².